The lowest BCUT2D eigenvalue weighted by molar-refractivity contribution is -0.123. The SMILES string of the molecule is CCOc1cc(/C=N\N2C(=O)CSC2=S)c(Br)cc1O. The molecule has 0 atom stereocenters. The molecule has 0 aromatic heterocycles. The first-order valence-corrected chi connectivity index (χ1v) is 7.90. The number of hydrogen-bond acceptors (Lipinski definition) is 6. The van der Waals surface area contributed by atoms with E-state index in [0.717, 1.165) is 0 Å². The van der Waals surface area contributed by atoms with Crippen molar-refractivity contribution >= 4 is 56.4 Å². The second-order valence-corrected chi connectivity index (χ2v) is 6.24. The minimum atomic E-state index is -0.142. The number of benzene rings is 1. The van der Waals surface area contributed by atoms with Gasteiger partial charge in [0.25, 0.3) is 5.91 Å². The Balaban J connectivity index is 2.26. The third kappa shape index (κ3) is 3.31. The number of nitrogens with zero attached hydrogens (tertiary/aromatic N) is 2. The highest BCUT2D eigenvalue weighted by Crippen LogP contribution is 2.32. The zero-order chi connectivity index (χ0) is 14.7. The van der Waals surface area contributed by atoms with E-state index in [9.17, 15) is 9.90 Å². The number of thiocarbonyl (C=S) groups is 1. The van der Waals surface area contributed by atoms with Crippen LogP contribution in [-0.2, 0) is 4.79 Å². The summed E-state index contributed by atoms with van der Waals surface area (Å²) in [4.78, 5) is 11.5. The molecule has 1 aliphatic heterocycles. The minimum absolute atomic E-state index is 0.0409. The summed E-state index contributed by atoms with van der Waals surface area (Å²) in [6.45, 7) is 2.27. The summed E-state index contributed by atoms with van der Waals surface area (Å²) < 4.78 is 6.39. The molecule has 106 valence electrons. The highest BCUT2D eigenvalue weighted by Gasteiger charge is 2.26. The van der Waals surface area contributed by atoms with Crippen LogP contribution in [0.5, 0.6) is 11.5 Å². The van der Waals surface area contributed by atoms with Crippen LogP contribution in [0.1, 0.15) is 12.5 Å². The van der Waals surface area contributed by atoms with Gasteiger partial charge in [0, 0.05) is 10.0 Å². The van der Waals surface area contributed by atoms with Gasteiger partial charge in [-0.3, -0.25) is 4.79 Å². The van der Waals surface area contributed by atoms with E-state index < -0.39 is 0 Å². The molecule has 1 saturated heterocycles. The van der Waals surface area contributed by atoms with Gasteiger partial charge in [0.15, 0.2) is 15.8 Å². The van der Waals surface area contributed by atoms with E-state index in [2.05, 4.69) is 21.0 Å². The Morgan fingerprint density at radius 1 is 1.65 bits per heavy atom. The standard InChI is InChI=1S/C12H11BrN2O3S2/c1-2-18-10-3-7(8(13)4-9(10)16)5-14-15-11(17)6-20-12(15)19/h3-5,16H,2,6H2,1H3/b14-5-. The van der Waals surface area contributed by atoms with Crippen molar-refractivity contribution in [1.82, 2.24) is 5.01 Å². The number of rotatable bonds is 4. The van der Waals surface area contributed by atoms with E-state index in [1.807, 2.05) is 6.92 Å². The Labute approximate surface area is 134 Å². The Morgan fingerprint density at radius 2 is 2.40 bits per heavy atom. The number of ether oxygens (including phenoxy) is 1. The van der Waals surface area contributed by atoms with Gasteiger partial charge in [-0.25, -0.2) is 0 Å². The highest BCUT2D eigenvalue weighted by atomic mass is 79.9. The molecule has 1 heterocycles. The minimum Gasteiger partial charge on any atom is -0.504 e. The summed E-state index contributed by atoms with van der Waals surface area (Å²) >= 11 is 9.64. The Kier molecular flexibility index (Phi) is 5.00. The van der Waals surface area contributed by atoms with Crippen LogP contribution in [0.3, 0.4) is 0 Å². The van der Waals surface area contributed by atoms with Crippen LogP contribution in [0, 0.1) is 0 Å². The first kappa shape index (κ1) is 15.3. The lowest BCUT2D eigenvalue weighted by Crippen LogP contribution is -2.22. The Morgan fingerprint density at radius 3 is 3.00 bits per heavy atom. The Hall–Kier alpha value is -1.12. The second-order valence-electron chi connectivity index (χ2n) is 3.78. The molecule has 20 heavy (non-hydrogen) atoms. The van der Waals surface area contributed by atoms with Crippen LogP contribution in [0.25, 0.3) is 0 Å². The number of phenols is 1. The summed E-state index contributed by atoms with van der Waals surface area (Å²) in [5.41, 5.74) is 0.679. The number of thioether (sulfide) groups is 1. The number of hydrogen-bond donors (Lipinski definition) is 1. The summed E-state index contributed by atoms with van der Waals surface area (Å²) in [5, 5.41) is 15.0. The molecule has 1 amide bonds. The van der Waals surface area contributed by atoms with Crippen molar-refractivity contribution < 1.29 is 14.6 Å². The van der Waals surface area contributed by atoms with Crippen molar-refractivity contribution in [2.45, 2.75) is 6.92 Å². The van der Waals surface area contributed by atoms with E-state index in [4.69, 9.17) is 17.0 Å². The van der Waals surface area contributed by atoms with Crippen molar-refractivity contribution in [2.24, 2.45) is 5.10 Å². The maximum absolute atomic E-state index is 11.5. The smallest absolute Gasteiger partial charge is 0.259 e. The van der Waals surface area contributed by atoms with Gasteiger partial charge in [-0.2, -0.15) is 10.1 Å². The van der Waals surface area contributed by atoms with Crippen molar-refractivity contribution in [2.75, 3.05) is 12.4 Å². The van der Waals surface area contributed by atoms with E-state index >= 15 is 0 Å². The van der Waals surface area contributed by atoms with Crippen LogP contribution in [0.2, 0.25) is 0 Å². The van der Waals surface area contributed by atoms with Gasteiger partial charge in [-0.05, 0) is 35.0 Å². The number of phenolic OH excluding ortho intramolecular Hbond substituents is 1. The third-order valence-electron chi connectivity index (χ3n) is 2.42. The molecular formula is C12H11BrN2O3S2. The largest absolute Gasteiger partial charge is 0.504 e. The van der Waals surface area contributed by atoms with Gasteiger partial charge in [0.2, 0.25) is 0 Å². The number of aromatic hydroxyl groups is 1. The molecule has 0 aliphatic carbocycles. The van der Waals surface area contributed by atoms with Gasteiger partial charge in [-0.1, -0.05) is 24.0 Å². The fraction of sp³-hybridized carbons (Fsp3) is 0.250. The molecule has 0 bridgehead atoms. The molecule has 0 spiro atoms. The van der Waals surface area contributed by atoms with Gasteiger partial charge in [0.1, 0.15) is 0 Å². The fourth-order valence-corrected chi connectivity index (χ4v) is 2.91. The second kappa shape index (κ2) is 6.55. The molecule has 0 saturated carbocycles. The first-order chi connectivity index (χ1) is 9.52. The highest BCUT2D eigenvalue weighted by molar-refractivity contribution is 9.10. The number of hydrazone groups is 1. The molecule has 2 rings (SSSR count). The zero-order valence-electron chi connectivity index (χ0n) is 10.5. The lowest BCUT2D eigenvalue weighted by Gasteiger charge is -2.09. The normalized spacial score (nSPS) is 15.4. The predicted octanol–water partition coefficient (Wildman–Crippen LogP) is 2.75. The maximum Gasteiger partial charge on any atom is 0.259 e. The monoisotopic (exact) mass is 374 g/mol. The molecule has 1 fully saturated rings. The molecule has 1 aliphatic rings. The Bertz CT molecular complexity index is 576. The predicted molar refractivity (Wildman–Crippen MR) is 86.5 cm³/mol. The van der Waals surface area contributed by atoms with Crippen molar-refractivity contribution in [3.63, 3.8) is 0 Å². The van der Waals surface area contributed by atoms with E-state index in [0.29, 0.717) is 32.5 Å². The lowest BCUT2D eigenvalue weighted by atomic mass is 10.2. The van der Waals surface area contributed by atoms with E-state index in [1.54, 1.807) is 6.07 Å². The number of carbonyl (C=O) groups is 1. The van der Waals surface area contributed by atoms with Gasteiger partial charge < -0.3 is 9.84 Å². The number of carbonyl (C=O) groups excluding carboxylic acids is 1. The molecule has 1 N–H and O–H groups in total. The van der Waals surface area contributed by atoms with Crippen LogP contribution in [0.4, 0.5) is 0 Å². The number of amides is 1. The van der Waals surface area contributed by atoms with Crippen LogP contribution >= 0.6 is 39.9 Å². The third-order valence-corrected chi connectivity index (χ3v) is 4.44. The van der Waals surface area contributed by atoms with Crippen LogP contribution < -0.4 is 4.74 Å². The van der Waals surface area contributed by atoms with E-state index in [-0.39, 0.29) is 11.7 Å². The van der Waals surface area contributed by atoms with Gasteiger partial charge in [0.05, 0.1) is 18.6 Å². The molecule has 1 aromatic rings. The van der Waals surface area contributed by atoms with Gasteiger partial charge >= 0.3 is 0 Å². The summed E-state index contributed by atoms with van der Waals surface area (Å²) in [6, 6.07) is 3.16. The van der Waals surface area contributed by atoms with Crippen molar-refractivity contribution in [3.05, 3.63) is 22.2 Å². The van der Waals surface area contributed by atoms with E-state index in [1.165, 1.54) is 29.1 Å². The molecule has 1 aromatic carbocycles. The first-order valence-electron chi connectivity index (χ1n) is 5.72. The molecule has 0 unspecified atom stereocenters. The summed E-state index contributed by atoms with van der Waals surface area (Å²) in [5.74, 6) is 0.578. The molecule has 8 heteroatoms. The zero-order valence-corrected chi connectivity index (χ0v) is 13.7. The summed E-state index contributed by atoms with van der Waals surface area (Å²) in [6.07, 6.45) is 1.50. The molecule has 5 nitrogen and oxygen atoms in total. The number of halogens is 1. The topological polar surface area (TPSA) is 62.1 Å². The van der Waals surface area contributed by atoms with Crippen molar-refractivity contribution in [1.29, 1.82) is 0 Å². The van der Waals surface area contributed by atoms with Crippen LogP contribution in [-0.4, -0.2) is 38.9 Å². The van der Waals surface area contributed by atoms with Gasteiger partial charge in [-0.15, -0.1) is 0 Å². The fourth-order valence-electron chi connectivity index (χ4n) is 1.51. The quantitative estimate of drug-likeness (QED) is 0.648. The van der Waals surface area contributed by atoms with Crippen LogP contribution in [0.15, 0.2) is 21.7 Å². The maximum atomic E-state index is 11.5. The summed E-state index contributed by atoms with van der Waals surface area (Å²) in [7, 11) is 0. The average molecular weight is 375 g/mol. The molecule has 0 radical (unpaired) electrons. The average Bonchev–Trinajstić information content (AvgIpc) is 2.71. The van der Waals surface area contributed by atoms with Crippen molar-refractivity contribution in [3.8, 4) is 11.5 Å². The molecular weight excluding hydrogens is 364 g/mol.